The predicted molar refractivity (Wildman–Crippen MR) is 80.9 cm³/mol. The molecule has 1 saturated carbocycles. The first kappa shape index (κ1) is 16.3. The number of aliphatic carboxylic acids is 1. The molecule has 5 heteroatoms. The van der Waals surface area contributed by atoms with Crippen LogP contribution in [-0.4, -0.2) is 59.0 Å². The lowest BCUT2D eigenvalue weighted by Gasteiger charge is -2.39. The van der Waals surface area contributed by atoms with E-state index < -0.39 is 11.9 Å². The van der Waals surface area contributed by atoms with E-state index in [-0.39, 0.29) is 11.8 Å². The highest BCUT2D eigenvalue weighted by atomic mass is 16.4. The molecule has 5 nitrogen and oxygen atoms in total. The largest absolute Gasteiger partial charge is 0.481 e. The molecule has 1 aliphatic heterocycles. The Morgan fingerprint density at radius 2 is 1.71 bits per heavy atom. The molecule has 1 heterocycles. The maximum Gasteiger partial charge on any atom is 0.307 e. The fraction of sp³-hybridized carbons (Fsp3) is 0.875. The van der Waals surface area contributed by atoms with Crippen LogP contribution in [0.3, 0.4) is 0 Å². The number of piperazine rings is 1. The van der Waals surface area contributed by atoms with Gasteiger partial charge in [-0.3, -0.25) is 14.5 Å². The highest BCUT2D eigenvalue weighted by Gasteiger charge is 2.43. The minimum absolute atomic E-state index is 0.0653. The average molecular weight is 296 g/mol. The predicted octanol–water partition coefficient (Wildman–Crippen LogP) is 1.68. The lowest BCUT2D eigenvalue weighted by atomic mass is 9.94. The van der Waals surface area contributed by atoms with Crippen LogP contribution in [0.25, 0.3) is 0 Å². The van der Waals surface area contributed by atoms with Crippen LogP contribution in [0.2, 0.25) is 0 Å². The molecule has 1 saturated heterocycles. The third-order valence-corrected chi connectivity index (χ3v) is 5.27. The Labute approximate surface area is 127 Å². The van der Waals surface area contributed by atoms with Crippen molar-refractivity contribution in [2.45, 2.75) is 46.1 Å². The number of hydrogen-bond acceptors (Lipinski definition) is 3. The molecule has 2 rings (SSSR count). The molecular formula is C16H28N2O3. The van der Waals surface area contributed by atoms with E-state index in [1.807, 2.05) is 11.8 Å². The summed E-state index contributed by atoms with van der Waals surface area (Å²) in [5.74, 6) is -1.21. The summed E-state index contributed by atoms with van der Waals surface area (Å²) in [7, 11) is 0. The molecule has 2 unspecified atom stereocenters. The lowest BCUT2D eigenvalue weighted by molar-refractivity contribution is -0.149. The quantitative estimate of drug-likeness (QED) is 0.857. The number of rotatable bonds is 4. The molecule has 0 spiro atoms. The molecule has 2 aliphatic rings. The van der Waals surface area contributed by atoms with Crippen molar-refractivity contribution < 1.29 is 14.7 Å². The molecule has 120 valence electrons. The van der Waals surface area contributed by atoms with Crippen LogP contribution < -0.4 is 0 Å². The first-order chi connectivity index (χ1) is 9.93. The van der Waals surface area contributed by atoms with Gasteiger partial charge >= 0.3 is 5.97 Å². The zero-order valence-corrected chi connectivity index (χ0v) is 13.4. The van der Waals surface area contributed by atoms with E-state index in [2.05, 4.69) is 18.7 Å². The summed E-state index contributed by atoms with van der Waals surface area (Å²) in [5.41, 5.74) is 0. The summed E-state index contributed by atoms with van der Waals surface area (Å²) >= 11 is 0. The third kappa shape index (κ3) is 3.57. The smallest absolute Gasteiger partial charge is 0.307 e. The van der Waals surface area contributed by atoms with Crippen LogP contribution in [0.4, 0.5) is 0 Å². The van der Waals surface area contributed by atoms with Gasteiger partial charge in [0.15, 0.2) is 0 Å². The summed E-state index contributed by atoms with van der Waals surface area (Å²) < 4.78 is 0. The van der Waals surface area contributed by atoms with E-state index >= 15 is 0 Å². The minimum atomic E-state index is -0.809. The Bertz CT molecular complexity index is 391. The zero-order valence-electron chi connectivity index (χ0n) is 13.4. The van der Waals surface area contributed by atoms with Crippen LogP contribution in [0, 0.1) is 17.8 Å². The van der Waals surface area contributed by atoms with Gasteiger partial charge in [-0.2, -0.15) is 0 Å². The molecule has 1 aliphatic carbocycles. The number of carbonyl (C=O) groups excluding carboxylic acids is 1. The van der Waals surface area contributed by atoms with Crippen LogP contribution in [0.1, 0.15) is 40.0 Å². The van der Waals surface area contributed by atoms with Gasteiger partial charge in [-0.1, -0.05) is 13.8 Å². The Kier molecular flexibility index (Phi) is 5.25. The van der Waals surface area contributed by atoms with E-state index in [4.69, 9.17) is 0 Å². The molecule has 1 amide bonds. The Morgan fingerprint density at radius 3 is 2.24 bits per heavy atom. The molecular weight excluding hydrogens is 268 g/mol. The second-order valence-corrected chi connectivity index (χ2v) is 6.75. The normalized spacial score (nSPS) is 32.1. The Morgan fingerprint density at radius 1 is 1.14 bits per heavy atom. The molecule has 21 heavy (non-hydrogen) atoms. The zero-order chi connectivity index (χ0) is 15.6. The highest BCUT2D eigenvalue weighted by Crippen LogP contribution is 2.37. The maximum absolute atomic E-state index is 12.7. The molecule has 0 aromatic rings. The molecule has 2 fully saturated rings. The van der Waals surface area contributed by atoms with Gasteiger partial charge in [-0.15, -0.1) is 0 Å². The van der Waals surface area contributed by atoms with Gasteiger partial charge in [0.25, 0.3) is 0 Å². The van der Waals surface area contributed by atoms with Gasteiger partial charge in [-0.05, 0) is 32.1 Å². The second kappa shape index (κ2) is 6.77. The van der Waals surface area contributed by atoms with Crippen LogP contribution >= 0.6 is 0 Å². The first-order valence-corrected chi connectivity index (χ1v) is 8.19. The van der Waals surface area contributed by atoms with Gasteiger partial charge in [-0.25, -0.2) is 0 Å². The fourth-order valence-corrected chi connectivity index (χ4v) is 3.71. The summed E-state index contributed by atoms with van der Waals surface area (Å²) in [6.45, 7) is 9.72. The molecule has 1 N–H and O–H groups in total. The molecule has 0 radical (unpaired) electrons. The second-order valence-electron chi connectivity index (χ2n) is 6.75. The maximum atomic E-state index is 12.7. The van der Waals surface area contributed by atoms with Crippen LogP contribution in [0.15, 0.2) is 0 Å². The van der Waals surface area contributed by atoms with E-state index in [1.54, 1.807) is 0 Å². The summed E-state index contributed by atoms with van der Waals surface area (Å²) in [5, 5.41) is 9.32. The molecule has 0 aromatic heterocycles. The number of carbonyl (C=O) groups is 2. The van der Waals surface area contributed by atoms with E-state index in [1.165, 1.54) is 0 Å². The number of amides is 1. The van der Waals surface area contributed by atoms with Gasteiger partial charge < -0.3 is 10.0 Å². The lowest BCUT2D eigenvalue weighted by Crippen LogP contribution is -2.53. The van der Waals surface area contributed by atoms with Gasteiger partial charge in [0.05, 0.1) is 11.8 Å². The van der Waals surface area contributed by atoms with Gasteiger partial charge in [0.2, 0.25) is 5.91 Å². The third-order valence-electron chi connectivity index (χ3n) is 5.27. The summed E-state index contributed by atoms with van der Waals surface area (Å²) in [6.07, 6.45) is 2.48. The average Bonchev–Trinajstić information content (AvgIpc) is 2.88. The number of carboxylic acids is 1. The Balaban J connectivity index is 1.94. The van der Waals surface area contributed by atoms with Crippen molar-refractivity contribution in [3.8, 4) is 0 Å². The van der Waals surface area contributed by atoms with Crippen LogP contribution in [-0.2, 0) is 9.59 Å². The van der Waals surface area contributed by atoms with Gasteiger partial charge in [0.1, 0.15) is 0 Å². The van der Waals surface area contributed by atoms with Crippen molar-refractivity contribution in [2.24, 2.45) is 17.8 Å². The van der Waals surface area contributed by atoms with Crippen molar-refractivity contribution in [1.29, 1.82) is 0 Å². The van der Waals surface area contributed by atoms with Crippen molar-refractivity contribution in [3.05, 3.63) is 0 Å². The number of hydrogen-bond donors (Lipinski definition) is 1. The Hall–Kier alpha value is -1.10. The fourth-order valence-electron chi connectivity index (χ4n) is 3.71. The topological polar surface area (TPSA) is 60.9 Å². The first-order valence-electron chi connectivity index (χ1n) is 8.19. The summed E-state index contributed by atoms with van der Waals surface area (Å²) in [4.78, 5) is 28.3. The van der Waals surface area contributed by atoms with Crippen LogP contribution in [0.5, 0.6) is 0 Å². The molecule has 0 bridgehead atoms. The number of nitrogens with zero attached hydrogens (tertiary/aromatic N) is 2. The number of carboxylic acid groups (broad SMARTS) is 1. The SMILES string of the molecule is CCC(C)N1CCN(C(=O)[C@H]2CC(C)C[C@H]2C(=O)O)CC1. The summed E-state index contributed by atoms with van der Waals surface area (Å²) in [6, 6.07) is 0.556. The standard InChI is InChI=1S/C16H28N2O3/c1-4-12(3)17-5-7-18(8-6-17)15(19)13-9-11(2)10-14(13)16(20)21/h11-14H,4-10H2,1-3H3,(H,20,21)/t11?,12?,13-,14+/m0/s1. The monoisotopic (exact) mass is 296 g/mol. The van der Waals surface area contributed by atoms with Crippen molar-refractivity contribution in [1.82, 2.24) is 9.80 Å². The molecule has 0 aromatic carbocycles. The van der Waals surface area contributed by atoms with Crippen molar-refractivity contribution in [2.75, 3.05) is 26.2 Å². The minimum Gasteiger partial charge on any atom is -0.481 e. The van der Waals surface area contributed by atoms with Crippen molar-refractivity contribution >= 4 is 11.9 Å². The van der Waals surface area contributed by atoms with E-state index in [0.717, 1.165) is 39.0 Å². The highest BCUT2D eigenvalue weighted by molar-refractivity contribution is 5.85. The van der Waals surface area contributed by atoms with E-state index in [9.17, 15) is 14.7 Å². The van der Waals surface area contributed by atoms with E-state index in [0.29, 0.717) is 18.4 Å². The van der Waals surface area contributed by atoms with Crippen molar-refractivity contribution in [3.63, 3.8) is 0 Å². The molecule has 4 atom stereocenters. The van der Waals surface area contributed by atoms with Gasteiger partial charge in [0, 0.05) is 32.2 Å².